The second kappa shape index (κ2) is 6.90. The van der Waals surface area contributed by atoms with Crippen molar-refractivity contribution in [3.05, 3.63) is 57.6 Å². The number of nitrogens with one attached hydrogen (secondary N) is 2. The number of halogens is 1. The second-order valence-electron chi connectivity index (χ2n) is 6.29. The molecule has 0 aromatic heterocycles. The predicted octanol–water partition coefficient (Wildman–Crippen LogP) is 3.76. The lowest BCUT2D eigenvalue weighted by Crippen LogP contribution is -2.26. The van der Waals surface area contributed by atoms with Crippen molar-refractivity contribution in [1.82, 2.24) is 4.72 Å². The monoisotopic (exact) mass is 422 g/mol. The fourth-order valence-electron chi connectivity index (χ4n) is 2.46. The van der Waals surface area contributed by atoms with Crippen LogP contribution in [-0.4, -0.2) is 20.4 Å². The van der Waals surface area contributed by atoms with Gasteiger partial charge in [0.2, 0.25) is 10.0 Å². The average Bonchev–Trinajstić information content (AvgIpc) is 3.33. The molecule has 1 amide bonds. The van der Waals surface area contributed by atoms with Crippen LogP contribution in [-0.2, 0) is 10.0 Å². The van der Waals surface area contributed by atoms with E-state index in [9.17, 15) is 13.2 Å². The van der Waals surface area contributed by atoms with Crippen molar-refractivity contribution in [2.24, 2.45) is 0 Å². The van der Waals surface area contributed by atoms with E-state index in [1.165, 1.54) is 12.1 Å². The lowest BCUT2D eigenvalue weighted by molar-refractivity contribution is 0.102. The Morgan fingerprint density at radius 1 is 1.08 bits per heavy atom. The highest BCUT2D eigenvalue weighted by Gasteiger charge is 2.28. The lowest BCUT2D eigenvalue weighted by Gasteiger charge is -2.12. The smallest absolute Gasteiger partial charge is 0.255 e. The highest BCUT2D eigenvalue weighted by molar-refractivity contribution is 9.10. The Hall–Kier alpha value is -1.70. The molecule has 0 radical (unpaired) electrons. The van der Waals surface area contributed by atoms with Gasteiger partial charge in [-0.2, -0.15) is 0 Å². The third kappa shape index (κ3) is 4.29. The summed E-state index contributed by atoms with van der Waals surface area (Å²) in [6, 6.07) is 10.2. The molecule has 2 aromatic carbocycles. The van der Waals surface area contributed by atoms with Crippen LogP contribution in [0.1, 0.15) is 34.3 Å². The number of benzene rings is 2. The van der Waals surface area contributed by atoms with Crippen LogP contribution in [0.3, 0.4) is 0 Å². The van der Waals surface area contributed by atoms with Crippen LogP contribution in [0.2, 0.25) is 0 Å². The molecule has 3 rings (SSSR count). The number of carbonyl (C=O) groups is 1. The predicted molar refractivity (Wildman–Crippen MR) is 101 cm³/mol. The van der Waals surface area contributed by atoms with Crippen molar-refractivity contribution in [3.8, 4) is 0 Å². The molecule has 0 heterocycles. The van der Waals surface area contributed by atoms with E-state index in [4.69, 9.17) is 0 Å². The molecule has 2 aromatic rings. The van der Waals surface area contributed by atoms with Gasteiger partial charge in [0.25, 0.3) is 5.91 Å². The van der Waals surface area contributed by atoms with Gasteiger partial charge >= 0.3 is 0 Å². The quantitative estimate of drug-likeness (QED) is 0.769. The molecule has 0 spiro atoms. The molecule has 7 heteroatoms. The van der Waals surface area contributed by atoms with Crippen LogP contribution >= 0.6 is 15.9 Å². The SMILES string of the molecule is Cc1cc(Br)ccc1NC(=O)c1cc(S(=O)(=O)NC2CC2)ccc1C. The van der Waals surface area contributed by atoms with E-state index in [1.807, 2.05) is 25.1 Å². The van der Waals surface area contributed by atoms with E-state index in [0.29, 0.717) is 11.3 Å². The molecule has 1 fully saturated rings. The number of rotatable bonds is 5. The summed E-state index contributed by atoms with van der Waals surface area (Å²) < 4.78 is 28.3. The number of sulfonamides is 1. The van der Waals surface area contributed by atoms with Gasteiger partial charge in [-0.15, -0.1) is 0 Å². The van der Waals surface area contributed by atoms with E-state index in [-0.39, 0.29) is 16.8 Å². The summed E-state index contributed by atoms with van der Waals surface area (Å²) in [4.78, 5) is 12.8. The highest BCUT2D eigenvalue weighted by Crippen LogP contribution is 2.24. The lowest BCUT2D eigenvalue weighted by atomic mass is 10.1. The van der Waals surface area contributed by atoms with Gasteiger partial charge < -0.3 is 5.32 Å². The molecule has 25 heavy (non-hydrogen) atoms. The fourth-order valence-corrected chi connectivity index (χ4v) is 4.26. The van der Waals surface area contributed by atoms with Crippen molar-refractivity contribution < 1.29 is 13.2 Å². The van der Waals surface area contributed by atoms with Crippen LogP contribution in [0.15, 0.2) is 45.8 Å². The molecule has 5 nitrogen and oxygen atoms in total. The Labute approximate surface area is 156 Å². The van der Waals surface area contributed by atoms with E-state index in [0.717, 1.165) is 28.4 Å². The van der Waals surface area contributed by atoms with Crippen molar-refractivity contribution >= 4 is 37.5 Å². The third-order valence-electron chi connectivity index (χ3n) is 4.10. The molecule has 0 bridgehead atoms. The van der Waals surface area contributed by atoms with Crippen molar-refractivity contribution in [3.63, 3.8) is 0 Å². The summed E-state index contributed by atoms with van der Waals surface area (Å²) in [5, 5.41) is 2.85. The standard InChI is InChI=1S/C18H19BrN2O3S/c1-11-3-7-15(25(23,24)21-14-5-6-14)10-16(11)18(22)20-17-8-4-13(19)9-12(17)2/h3-4,7-10,14,21H,5-6H2,1-2H3,(H,20,22). The van der Waals surface area contributed by atoms with E-state index in [2.05, 4.69) is 26.0 Å². The summed E-state index contributed by atoms with van der Waals surface area (Å²) in [5.41, 5.74) is 2.68. The first kappa shape index (κ1) is 18.1. The molecular weight excluding hydrogens is 404 g/mol. The first-order valence-electron chi connectivity index (χ1n) is 7.97. The largest absolute Gasteiger partial charge is 0.322 e. The highest BCUT2D eigenvalue weighted by atomic mass is 79.9. The Bertz CT molecular complexity index is 937. The normalized spacial score (nSPS) is 14.4. The minimum Gasteiger partial charge on any atom is -0.322 e. The van der Waals surface area contributed by atoms with E-state index >= 15 is 0 Å². The molecule has 1 saturated carbocycles. The van der Waals surface area contributed by atoms with Crippen LogP contribution in [0.25, 0.3) is 0 Å². The Morgan fingerprint density at radius 3 is 2.44 bits per heavy atom. The average molecular weight is 423 g/mol. The maximum absolute atomic E-state index is 12.6. The molecule has 132 valence electrons. The van der Waals surface area contributed by atoms with E-state index < -0.39 is 10.0 Å². The van der Waals surface area contributed by atoms with Crippen LogP contribution in [0.4, 0.5) is 5.69 Å². The molecular formula is C18H19BrN2O3S. The van der Waals surface area contributed by atoms with Gasteiger partial charge in [0, 0.05) is 21.8 Å². The molecule has 0 atom stereocenters. The number of aryl methyl sites for hydroxylation is 2. The molecule has 2 N–H and O–H groups in total. The maximum atomic E-state index is 12.6. The first-order valence-corrected chi connectivity index (χ1v) is 10.2. The summed E-state index contributed by atoms with van der Waals surface area (Å²) in [6.07, 6.45) is 1.72. The van der Waals surface area contributed by atoms with Gasteiger partial charge in [-0.1, -0.05) is 22.0 Å². The molecule has 1 aliphatic rings. The summed E-state index contributed by atoms with van der Waals surface area (Å²) in [5.74, 6) is -0.327. The number of carbonyl (C=O) groups excluding carboxylic acids is 1. The van der Waals surface area contributed by atoms with Crippen molar-refractivity contribution in [2.45, 2.75) is 37.6 Å². The molecule has 0 aliphatic heterocycles. The number of hydrogen-bond acceptors (Lipinski definition) is 3. The zero-order valence-electron chi connectivity index (χ0n) is 14.0. The molecule has 1 aliphatic carbocycles. The fraction of sp³-hybridized carbons (Fsp3) is 0.278. The van der Waals surface area contributed by atoms with Gasteiger partial charge in [-0.3, -0.25) is 4.79 Å². The zero-order valence-corrected chi connectivity index (χ0v) is 16.4. The number of anilines is 1. The topological polar surface area (TPSA) is 75.3 Å². The second-order valence-corrected chi connectivity index (χ2v) is 8.92. The van der Waals surface area contributed by atoms with Crippen LogP contribution in [0, 0.1) is 13.8 Å². The summed E-state index contributed by atoms with van der Waals surface area (Å²) in [7, 11) is -3.59. The van der Waals surface area contributed by atoms with Gasteiger partial charge in [0.05, 0.1) is 4.90 Å². The van der Waals surface area contributed by atoms with Crippen LogP contribution in [0.5, 0.6) is 0 Å². The van der Waals surface area contributed by atoms with Crippen molar-refractivity contribution in [1.29, 1.82) is 0 Å². The van der Waals surface area contributed by atoms with Gasteiger partial charge in [-0.05, 0) is 68.1 Å². The summed E-state index contributed by atoms with van der Waals surface area (Å²) >= 11 is 3.39. The molecule has 0 unspecified atom stereocenters. The van der Waals surface area contributed by atoms with Gasteiger partial charge in [-0.25, -0.2) is 13.1 Å². The number of hydrogen-bond donors (Lipinski definition) is 2. The third-order valence-corrected chi connectivity index (χ3v) is 6.11. The minimum absolute atomic E-state index is 0.0222. The zero-order chi connectivity index (χ0) is 18.2. The summed E-state index contributed by atoms with van der Waals surface area (Å²) in [6.45, 7) is 3.68. The van der Waals surface area contributed by atoms with Crippen LogP contribution < -0.4 is 10.0 Å². The minimum atomic E-state index is -3.59. The van der Waals surface area contributed by atoms with Gasteiger partial charge in [0.1, 0.15) is 0 Å². The van der Waals surface area contributed by atoms with Crippen molar-refractivity contribution in [2.75, 3.05) is 5.32 Å². The van der Waals surface area contributed by atoms with E-state index in [1.54, 1.807) is 13.0 Å². The maximum Gasteiger partial charge on any atom is 0.255 e. The Balaban J connectivity index is 1.88. The Morgan fingerprint density at radius 2 is 1.80 bits per heavy atom. The number of amides is 1. The van der Waals surface area contributed by atoms with Gasteiger partial charge in [0.15, 0.2) is 0 Å². The molecule has 0 saturated heterocycles. The Kier molecular flexibility index (Phi) is 4.99. The first-order chi connectivity index (χ1) is 11.8.